The molecule has 0 saturated carbocycles. The van der Waals surface area contributed by atoms with E-state index in [0.29, 0.717) is 6.54 Å². The maximum absolute atomic E-state index is 11.6. The Balaban J connectivity index is 1.73. The van der Waals surface area contributed by atoms with Crippen LogP contribution in [0.5, 0.6) is 0 Å². The first-order chi connectivity index (χ1) is 10.8. The molecule has 0 bridgehead atoms. The molecule has 6 nitrogen and oxygen atoms in total. The Labute approximate surface area is 141 Å². The highest BCUT2D eigenvalue weighted by Gasteiger charge is 2.21. The number of hydrogen-bond donors (Lipinski definition) is 1. The molecule has 2 rings (SSSR count). The van der Waals surface area contributed by atoms with E-state index < -0.39 is 21.6 Å². The number of hydrogen-bond acceptors (Lipinski definition) is 5. The van der Waals surface area contributed by atoms with Crippen molar-refractivity contribution in [1.82, 2.24) is 9.80 Å². The normalized spacial score (nSPS) is 17.3. The van der Waals surface area contributed by atoms with Crippen molar-refractivity contribution in [2.75, 3.05) is 44.2 Å². The van der Waals surface area contributed by atoms with Gasteiger partial charge >= 0.3 is 5.97 Å². The molecule has 1 aliphatic rings. The molecule has 1 N–H and O–H groups in total. The fourth-order valence-electron chi connectivity index (χ4n) is 2.55. The number of carboxylic acid groups (broad SMARTS) is 1. The van der Waals surface area contributed by atoms with E-state index in [2.05, 4.69) is 9.80 Å². The fraction of sp³-hybridized carbons (Fsp3) is 0.533. The number of benzene rings is 1. The van der Waals surface area contributed by atoms with Crippen LogP contribution in [0.15, 0.2) is 24.3 Å². The zero-order chi connectivity index (χ0) is 16.9. The molecule has 0 aliphatic carbocycles. The molecule has 0 aromatic heterocycles. The Bertz CT molecular complexity index is 625. The zero-order valence-corrected chi connectivity index (χ0v) is 14.4. The molecule has 1 fully saturated rings. The number of sulfone groups is 1. The lowest BCUT2D eigenvalue weighted by atomic mass is 10.2. The van der Waals surface area contributed by atoms with Crippen LogP contribution < -0.4 is 0 Å². The Morgan fingerprint density at radius 2 is 1.65 bits per heavy atom. The van der Waals surface area contributed by atoms with Gasteiger partial charge in [0.1, 0.15) is 5.75 Å². The van der Waals surface area contributed by atoms with Gasteiger partial charge in [0.2, 0.25) is 0 Å². The summed E-state index contributed by atoms with van der Waals surface area (Å²) in [5, 5.41) is 9.29. The van der Waals surface area contributed by atoms with Crippen molar-refractivity contribution in [2.24, 2.45) is 0 Å². The molecule has 1 aliphatic heterocycles. The Morgan fingerprint density at radius 1 is 1.09 bits per heavy atom. The van der Waals surface area contributed by atoms with Crippen molar-refractivity contribution in [2.45, 2.75) is 6.54 Å². The van der Waals surface area contributed by atoms with Gasteiger partial charge in [0, 0.05) is 44.3 Å². The average Bonchev–Trinajstić information content (AvgIpc) is 2.48. The first-order valence-electron chi connectivity index (χ1n) is 7.45. The van der Waals surface area contributed by atoms with Crippen molar-refractivity contribution < 1.29 is 18.3 Å². The summed E-state index contributed by atoms with van der Waals surface area (Å²) in [4.78, 5) is 14.9. The smallest absolute Gasteiger partial charge is 0.318 e. The van der Waals surface area contributed by atoms with E-state index in [9.17, 15) is 13.2 Å². The van der Waals surface area contributed by atoms with Crippen LogP contribution in [0.1, 0.15) is 5.56 Å². The molecule has 1 aromatic carbocycles. The lowest BCUT2D eigenvalue weighted by Gasteiger charge is -2.34. The van der Waals surface area contributed by atoms with E-state index >= 15 is 0 Å². The molecular formula is C15H21ClN2O4S. The number of nitrogens with zero attached hydrogens (tertiary/aromatic N) is 2. The summed E-state index contributed by atoms with van der Waals surface area (Å²) < 4.78 is 23.2. The van der Waals surface area contributed by atoms with Crippen LogP contribution in [0.2, 0.25) is 5.02 Å². The summed E-state index contributed by atoms with van der Waals surface area (Å²) in [6.45, 7) is 4.54. The summed E-state index contributed by atoms with van der Waals surface area (Å²) in [5.41, 5.74) is 1.20. The minimum absolute atomic E-state index is 0.101. The van der Waals surface area contributed by atoms with E-state index in [0.717, 1.165) is 37.7 Å². The van der Waals surface area contributed by atoms with Crippen molar-refractivity contribution in [3.63, 3.8) is 0 Å². The third-order valence-corrected chi connectivity index (χ3v) is 5.59. The number of carboxylic acids is 1. The van der Waals surface area contributed by atoms with Crippen LogP contribution in [-0.2, 0) is 21.2 Å². The second kappa shape index (κ2) is 8.10. The molecule has 0 amide bonds. The van der Waals surface area contributed by atoms with E-state index in [1.807, 2.05) is 24.3 Å². The first-order valence-corrected chi connectivity index (χ1v) is 9.65. The topological polar surface area (TPSA) is 77.9 Å². The minimum atomic E-state index is -3.51. The van der Waals surface area contributed by atoms with E-state index in [1.165, 1.54) is 5.56 Å². The minimum Gasteiger partial charge on any atom is -0.480 e. The van der Waals surface area contributed by atoms with Gasteiger partial charge in [0.05, 0.1) is 5.75 Å². The first kappa shape index (κ1) is 18.2. The molecule has 0 atom stereocenters. The van der Waals surface area contributed by atoms with Gasteiger partial charge < -0.3 is 5.11 Å². The highest BCUT2D eigenvalue weighted by atomic mass is 35.5. The highest BCUT2D eigenvalue weighted by Crippen LogP contribution is 2.13. The van der Waals surface area contributed by atoms with Crippen molar-refractivity contribution in [3.8, 4) is 0 Å². The third-order valence-electron chi connectivity index (χ3n) is 3.85. The molecular weight excluding hydrogens is 340 g/mol. The molecule has 0 spiro atoms. The summed E-state index contributed by atoms with van der Waals surface area (Å²) >= 11 is 5.87. The number of carbonyl (C=O) groups is 1. The van der Waals surface area contributed by atoms with Gasteiger partial charge in [-0.05, 0) is 17.7 Å². The summed E-state index contributed by atoms with van der Waals surface area (Å²) in [6.07, 6.45) is 0. The van der Waals surface area contributed by atoms with Crippen molar-refractivity contribution in [3.05, 3.63) is 34.9 Å². The van der Waals surface area contributed by atoms with Crippen molar-refractivity contribution in [1.29, 1.82) is 0 Å². The average molecular weight is 361 g/mol. The van der Waals surface area contributed by atoms with Crippen LogP contribution in [0.4, 0.5) is 0 Å². The van der Waals surface area contributed by atoms with E-state index in [1.54, 1.807) is 0 Å². The van der Waals surface area contributed by atoms with Gasteiger partial charge in [0.15, 0.2) is 9.84 Å². The van der Waals surface area contributed by atoms with Crippen molar-refractivity contribution >= 4 is 27.4 Å². The second-order valence-electron chi connectivity index (χ2n) is 5.73. The molecule has 8 heteroatoms. The molecule has 23 heavy (non-hydrogen) atoms. The standard InChI is InChI=1S/C15H21ClN2O4S/c16-14-3-1-13(2-4-14)11-18-7-5-17(6-8-18)9-10-23(21,22)12-15(19)20/h1-4H,5-12H2,(H,19,20). The lowest BCUT2D eigenvalue weighted by molar-refractivity contribution is -0.134. The zero-order valence-electron chi connectivity index (χ0n) is 12.8. The highest BCUT2D eigenvalue weighted by molar-refractivity contribution is 7.92. The van der Waals surface area contributed by atoms with E-state index in [-0.39, 0.29) is 5.75 Å². The maximum atomic E-state index is 11.6. The van der Waals surface area contributed by atoms with Crippen LogP contribution >= 0.6 is 11.6 Å². The third kappa shape index (κ3) is 6.47. The molecule has 1 heterocycles. The van der Waals surface area contributed by atoms with Gasteiger partial charge in [0.25, 0.3) is 0 Å². The number of aliphatic carboxylic acids is 1. The number of piperazine rings is 1. The quantitative estimate of drug-likeness (QED) is 0.780. The largest absolute Gasteiger partial charge is 0.480 e. The van der Waals surface area contributed by atoms with Crippen LogP contribution in [0.25, 0.3) is 0 Å². The van der Waals surface area contributed by atoms with Crippen LogP contribution in [0, 0.1) is 0 Å². The second-order valence-corrected chi connectivity index (χ2v) is 8.35. The van der Waals surface area contributed by atoms with Gasteiger partial charge in [-0.1, -0.05) is 23.7 Å². The Kier molecular flexibility index (Phi) is 6.41. The molecule has 0 radical (unpaired) electrons. The van der Waals surface area contributed by atoms with Crippen LogP contribution in [-0.4, -0.2) is 73.5 Å². The van der Waals surface area contributed by atoms with Gasteiger partial charge in [-0.15, -0.1) is 0 Å². The summed E-state index contributed by atoms with van der Waals surface area (Å²) in [6, 6.07) is 7.77. The molecule has 0 unspecified atom stereocenters. The van der Waals surface area contributed by atoms with Crippen LogP contribution in [0.3, 0.4) is 0 Å². The Hall–Kier alpha value is -1.15. The molecule has 128 valence electrons. The predicted octanol–water partition coefficient (Wildman–Crippen LogP) is 0.957. The van der Waals surface area contributed by atoms with E-state index in [4.69, 9.17) is 16.7 Å². The number of rotatable bonds is 7. The Morgan fingerprint density at radius 3 is 2.22 bits per heavy atom. The fourth-order valence-corrected chi connectivity index (χ4v) is 3.73. The van der Waals surface area contributed by atoms with Gasteiger partial charge in [-0.2, -0.15) is 0 Å². The summed E-state index contributed by atoms with van der Waals surface area (Å²) in [7, 11) is -3.51. The maximum Gasteiger partial charge on any atom is 0.318 e. The predicted molar refractivity (Wildman–Crippen MR) is 89.5 cm³/mol. The lowest BCUT2D eigenvalue weighted by Crippen LogP contribution is -2.47. The monoisotopic (exact) mass is 360 g/mol. The number of halogens is 1. The molecule has 1 aromatic rings. The van der Waals surface area contributed by atoms with Gasteiger partial charge in [-0.25, -0.2) is 8.42 Å². The SMILES string of the molecule is O=C(O)CS(=O)(=O)CCN1CCN(Cc2ccc(Cl)cc2)CC1. The summed E-state index contributed by atoms with van der Waals surface area (Å²) in [5.74, 6) is -2.18. The molecule has 1 saturated heterocycles. The van der Waals surface area contributed by atoms with Gasteiger partial charge in [-0.3, -0.25) is 14.6 Å².